The molecule has 0 amide bonds. The van der Waals surface area contributed by atoms with Crippen LogP contribution in [0.4, 0.5) is 17.5 Å². The second-order valence-electron chi connectivity index (χ2n) is 6.40. The van der Waals surface area contributed by atoms with Gasteiger partial charge in [-0.3, -0.25) is 0 Å². The highest BCUT2D eigenvalue weighted by Gasteiger charge is 2.09. The van der Waals surface area contributed by atoms with E-state index in [4.69, 9.17) is 14.2 Å². The van der Waals surface area contributed by atoms with Crippen LogP contribution in [0, 0.1) is 6.92 Å². The second-order valence-corrected chi connectivity index (χ2v) is 6.40. The summed E-state index contributed by atoms with van der Waals surface area (Å²) in [6, 6.07) is 15.5. The molecule has 0 aliphatic heterocycles. The first-order valence-electron chi connectivity index (χ1n) is 9.33. The van der Waals surface area contributed by atoms with Crippen molar-refractivity contribution in [2.75, 3.05) is 38.5 Å². The number of methoxy groups -OCH3 is 3. The number of hydrogen-bond donors (Lipinski definition) is 2. The van der Waals surface area contributed by atoms with Crippen LogP contribution in [0.5, 0.6) is 17.2 Å². The molecule has 0 fully saturated rings. The van der Waals surface area contributed by atoms with Crippen LogP contribution in [0.15, 0.2) is 48.5 Å². The Morgan fingerprint density at radius 3 is 2.41 bits per heavy atom. The summed E-state index contributed by atoms with van der Waals surface area (Å²) < 4.78 is 16.1. The molecule has 3 rings (SSSR count). The van der Waals surface area contributed by atoms with Crippen LogP contribution in [0.25, 0.3) is 0 Å². The number of anilines is 3. The summed E-state index contributed by atoms with van der Waals surface area (Å²) in [6.07, 6.45) is 0.802. The van der Waals surface area contributed by atoms with Gasteiger partial charge >= 0.3 is 0 Å². The summed E-state index contributed by atoms with van der Waals surface area (Å²) in [6.45, 7) is 2.62. The molecule has 29 heavy (non-hydrogen) atoms. The number of benzene rings is 2. The second kappa shape index (κ2) is 9.64. The van der Waals surface area contributed by atoms with Gasteiger partial charge in [-0.1, -0.05) is 18.2 Å². The van der Waals surface area contributed by atoms with Gasteiger partial charge in [-0.15, -0.1) is 0 Å². The van der Waals surface area contributed by atoms with Crippen molar-refractivity contribution >= 4 is 17.5 Å². The number of para-hydroxylation sites is 1. The van der Waals surface area contributed by atoms with Gasteiger partial charge in [0.05, 0.1) is 27.0 Å². The van der Waals surface area contributed by atoms with Crippen molar-refractivity contribution in [3.05, 3.63) is 59.8 Å². The fraction of sp³-hybridized carbons (Fsp3) is 0.273. The molecule has 7 heteroatoms. The fourth-order valence-electron chi connectivity index (χ4n) is 2.97. The Labute approximate surface area is 171 Å². The smallest absolute Gasteiger partial charge is 0.224 e. The van der Waals surface area contributed by atoms with E-state index in [1.54, 1.807) is 21.3 Å². The predicted octanol–water partition coefficient (Wildman–Crippen LogP) is 4.21. The summed E-state index contributed by atoms with van der Waals surface area (Å²) in [5.41, 5.74) is 2.79. The van der Waals surface area contributed by atoms with E-state index < -0.39 is 0 Å². The molecule has 2 N–H and O–H groups in total. The van der Waals surface area contributed by atoms with Gasteiger partial charge < -0.3 is 24.8 Å². The standard InChI is InChI=1S/C22H26N4O3/c1-15-13-21(25-18-10-9-17(27-2)14-20(18)29-4)26-22(24-15)23-12-11-16-7-5-6-8-19(16)28-3/h5-10,13-14H,11-12H2,1-4H3,(H2,23,24,25,26). The van der Waals surface area contributed by atoms with Gasteiger partial charge in [-0.05, 0) is 37.1 Å². The molecule has 0 radical (unpaired) electrons. The van der Waals surface area contributed by atoms with Crippen molar-refractivity contribution < 1.29 is 14.2 Å². The molecule has 1 heterocycles. The van der Waals surface area contributed by atoms with E-state index in [0.29, 0.717) is 24.1 Å². The van der Waals surface area contributed by atoms with Gasteiger partial charge in [0.1, 0.15) is 23.1 Å². The number of nitrogens with zero attached hydrogens (tertiary/aromatic N) is 2. The minimum Gasteiger partial charge on any atom is -0.497 e. The first-order valence-corrected chi connectivity index (χ1v) is 9.33. The van der Waals surface area contributed by atoms with Gasteiger partial charge in [0.15, 0.2) is 0 Å². The average Bonchev–Trinajstić information content (AvgIpc) is 2.74. The zero-order valence-corrected chi connectivity index (χ0v) is 17.2. The SMILES string of the molecule is COc1ccc(Nc2cc(C)nc(NCCc3ccccc3OC)n2)c(OC)c1. The fourth-order valence-corrected chi connectivity index (χ4v) is 2.97. The van der Waals surface area contributed by atoms with Crippen LogP contribution in [-0.2, 0) is 6.42 Å². The molecule has 1 aromatic heterocycles. The highest BCUT2D eigenvalue weighted by Crippen LogP contribution is 2.31. The van der Waals surface area contributed by atoms with Crippen LogP contribution in [0.1, 0.15) is 11.3 Å². The molecule has 0 bridgehead atoms. The third kappa shape index (κ3) is 5.28. The number of ether oxygens (including phenoxy) is 3. The first-order chi connectivity index (χ1) is 14.1. The van der Waals surface area contributed by atoms with Crippen LogP contribution < -0.4 is 24.8 Å². The summed E-state index contributed by atoms with van der Waals surface area (Å²) in [7, 11) is 4.93. The molecule has 0 saturated carbocycles. The average molecular weight is 394 g/mol. The molecule has 2 aromatic carbocycles. The number of rotatable bonds is 9. The quantitative estimate of drug-likeness (QED) is 0.563. The van der Waals surface area contributed by atoms with Crippen molar-refractivity contribution in [1.82, 2.24) is 9.97 Å². The van der Waals surface area contributed by atoms with Crippen molar-refractivity contribution in [3.63, 3.8) is 0 Å². The van der Waals surface area contributed by atoms with E-state index in [2.05, 4.69) is 26.7 Å². The molecule has 0 spiro atoms. The number of hydrogen-bond acceptors (Lipinski definition) is 7. The third-order valence-electron chi connectivity index (χ3n) is 4.40. The predicted molar refractivity (Wildman–Crippen MR) is 115 cm³/mol. The Balaban J connectivity index is 1.70. The highest BCUT2D eigenvalue weighted by molar-refractivity contribution is 5.66. The number of aromatic nitrogens is 2. The maximum atomic E-state index is 5.44. The Hall–Kier alpha value is -3.48. The summed E-state index contributed by atoms with van der Waals surface area (Å²) in [5.74, 6) is 3.53. The Bertz CT molecular complexity index is 963. The molecule has 0 unspecified atom stereocenters. The molecule has 0 aliphatic carbocycles. The van der Waals surface area contributed by atoms with E-state index >= 15 is 0 Å². The van der Waals surface area contributed by atoms with Gasteiger partial charge in [0.2, 0.25) is 5.95 Å². The zero-order valence-electron chi connectivity index (χ0n) is 17.2. The largest absolute Gasteiger partial charge is 0.497 e. The van der Waals surface area contributed by atoms with Crippen molar-refractivity contribution in [3.8, 4) is 17.2 Å². The highest BCUT2D eigenvalue weighted by atomic mass is 16.5. The molecular weight excluding hydrogens is 368 g/mol. The van der Waals surface area contributed by atoms with Crippen molar-refractivity contribution in [1.29, 1.82) is 0 Å². The summed E-state index contributed by atoms with van der Waals surface area (Å²) >= 11 is 0. The monoisotopic (exact) mass is 394 g/mol. The molecule has 3 aromatic rings. The van der Waals surface area contributed by atoms with E-state index in [-0.39, 0.29) is 0 Å². The topological polar surface area (TPSA) is 77.5 Å². The summed E-state index contributed by atoms with van der Waals surface area (Å²) in [5, 5.41) is 6.58. The minimum atomic E-state index is 0.565. The lowest BCUT2D eigenvalue weighted by atomic mass is 10.1. The van der Waals surface area contributed by atoms with E-state index in [9.17, 15) is 0 Å². The van der Waals surface area contributed by atoms with Gasteiger partial charge in [0, 0.05) is 24.4 Å². The van der Waals surface area contributed by atoms with Crippen LogP contribution >= 0.6 is 0 Å². The molecule has 7 nitrogen and oxygen atoms in total. The van der Waals surface area contributed by atoms with E-state index in [1.165, 1.54) is 0 Å². The zero-order chi connectivity index (χ0) is 20.6. The lowest BCUT2D eigenvalue weighted by Crippen LogP contribution is -2.10. The molecular formula is C22H26N4O3. The van der Waals surface area contributed by atoms with Crippen LogP contribution in [0.3, 0.4) is 0 Å². The van der Waals surface area contributed by atoms with Gasteiger partial charge in [-0.25, -0.2) is 4.98 Å². The van der Waals surface area contributed by atoms with Crippen molar-refractivity contribution in [2.24, 2.45) is 0 Å². The Morgan fingerprint density at radius 1 is 0.862 bits per heavy atom. The molecule has 0 atom stereocenters. The molecule has 0 aliphatic rings. The minimum absolute atomic E-state index is 0.565. The van der Waals surface area contributed by atoms with E-state index in [0.717, 1.165) is 34.9 Å². The maximum absolute atomic E-state index is 5.44. The lowest BCUT2D eigenvalue weighted by Gasteiger charge is -2.14. The lowest BCUT2D eigenvalue weighted by molar-refractivity contribution is 0.395. The summed E-state index contributed by atoms with van der Waals surface area (Å²) in [4.78, 5) is 9.04. The molecule has 0 saturated heterocycles. The molecule has 152 valence electrons. The first kappa shape index (κ1) is 20.3. The van der Waals surface area contributed by atoms with Gasteiger partial charge in [-0.2, -0.15) is 4.98 Å². The normalized spacial score (nSPS) is 10.3. The number of aryl methyl sites for hydroxylation is 1. The van der Waals surface area contributed by atoms with E-state index in [1.807, 2.05) is 49.4 Å². The van der Waals surface area contributed by atoms with Crippen molar-refractivity contribution in [2.45, 2.75) is 13.3 Å². The Kier molecular flexibility index (Phi) is 6.73. The van der Waals surface area contributed by atoms with Crippen LogP contribution in [-0.4, -0.2) is 37.8 Å². The van der Waals surface area contributed by atoms with Crippen LogP contribution in [0.2, 0.25) is 0 Å². The van der Waals surface area contributed by atoms with Gasteiger partial charge in [0.25, 0.3) is 0 Å². The maximum Gasteiger partial charge on any atom is 0.224 e. The third-order valence-corrected chi connectivity index (χ3v) is 4.40. The number of nitrogens with one attached hydrogen (secondary N) is 2. The Morgan fingerprint density at radius 2 is 1.66 bits per heavy atom.